The van der Waals surface area contributed by atoms with Crippen molar-refractivity contribution >= 4 is 28.7 Å². The number of carbonyl (C=O) groups is 1. The third-order valence-electron chi connectivity index (χ3n) is 6.66. The Morgan fingerprint density at radius 2 is 1.90 bits per heavy atom. The van der Waals surface area contributed by atoms with Crippen LogP contribution >= 0.6 is 0 Å². The van der Waals surface area contributed by atoms with Gasteiger partial charge >= 0.3 is 0 Å². The summed E-state index contributed by atoms with van der Waals surface area (Å²) >= 11 is 0. The standard InChI is InChI=1S/C28H27N9O4/c29-26-27(34-41-33-26)37-24(17-36-11-13-39-14-12-36)25(31-35-37)28(38)32-30-16-19-5-3-9-22(15-19)40-18-21-8-4-7-20-6-1-2-10-23(20)21/h1-10,15-16H,11-14,17-18H2,(H2,29,33)(H,32,38). The highest BCUT2D eigenvalue weighted by atomic mass is 16.6. The number of morpholine rings is 1. The Morgan fingerprint density at radius 3 is 2.76 bits per heavy atom. The van der Waals surface area contributed by atoms with E-state index in [-0.39, 0.29) is 17.3 Å². The summed E-state index contributed by atoms with van der Waals surface area (Å²) < 4.78 is 17.6. The Balaban J connectivity index is 1.14. The number of rotatable bonds is 9. The number of nitrogen functional groups attached to an aromatic ring is 1. The van der Waals surface area contributed by atoms with Crippen LogP contribution in [0.1, 0.15) is 27.3 Å². The van der Waals surface area contributed by atoms with Crippen LogP contribution in [0.2, 0.25) is 0 Å². The molecule has 0 atom stereocenters. The number of anilines is 1. The lowest BCUT2D eigenvalue weighted by molar-refractivity contribution is 0.0332. The largest absolute Gasteiger partial charge is 0.489 e. The lowest BCUT2D eigenvalue weighted by atomic mass is 10.1. The van der Waals surface area contributed by atoms with E-state index in [4.69, 9.17) is 19.8 Å². The SMILES string of the molecule is Nc1nonc1-n1nnc(C(=O)NN=Cc2cccc(OCc3cccc4ccccc34)c2)c1CN1CCOCC1. The van der Waals surface area contributed by atoms with Crippen molar-refractivity contribution in [2.75, 3.05) is 32.0 Å². The molecular weight excluding hydrogens is 526 g/mol. The molecule has 1 saturated heterocycles. The van der Waals surface area contributed by atoms with Gasteiger partial charge in [-0.05, 0) is 44.3 Å². The van der Waals surface area contributed by atoms with E-state index in [1.807, 2.05) is 42.5 Å². The molecule has 1 fully saturated rings. The van der Waals surface area contributed by atoms with Crippen LogP contribution in [0, 0.1) is 0 Å². The molecule has 0 unspecified atom stereocenters. The maximum absolute atomic E-state index is 13.1. The van der Waals surface area contributed by atoms with Crippen LogP contribution in [0.15, 0.2) is 76.5 Å². The van der Waals surface area contributed by atoms with Crippen LogP contribution in [0.25, 0.3) is 16.6 Å². The summed E-state index contributed by atoms with van der Waals surface area (Å²) in [7, 11) is 0. The molecule has 5 aromatic rings. The van der Waals surface area contributed by atoms with Crippen molar-refractivity contribution in [1.82, 2.24) is 35.6 Å². The molecule has 0 bridgehead atoms. The molecular formula is C28H27N9O4. The average molecular weight is 554 g/mol. The zero-order valence-electron chi connectivity index (χ0n) is 22.0. The topological polar surface area (TPSA) is 159 Å². The minimum absolute atomic E-state index is 0.0330. The first kappa shape index (κ1) is 26.1. The molecule has 3 heterocycles. The summed E-state index contributed by atoms with van der Waals surface area (Å²) in [4.78, 5) is 15.2. The van der Waals surface area contributed by atoms with E-state index in [0.29, 0.717) is 50.9 Å². The molecule has 13 heteroatoms. The van der Waals surface area contributed by atoms with Crippen LogP contribution in [0.4, 0.5) is 5.82 Å². The fraction of sp³-hybridized carbons (Fsp3) is 0.214. The van der Waals surface area contributed by atoms with Gasteiger partial charge in [-0.25, -0.2) is 10.1 Å². The third-order valence-corrected chi connectivity index (χ3v) is 6.66. The second kappa shape index (κ2) is 11.9. The molecule has 208 valence electrons. The lowest BCUT2D eigenvalue weighted by Crippen LogP contribution is -2.37. The summed E-state index contributed by atoms with van der Waals surface area (Å²) in [5, 5.41) is 22.0. The van der Waals surface area contributed by atoms with Crippen molar-refractivity contribution in [1.29, 1.82) is 0 Å². The highest BCUT2D eigenvalue weighted by Crippen LogP contribution is 2.21. The summed E-state index contributed by atoms with van der Waals surface area (Å²) in [6.45, 7) is 3.35. The summed E-state index contributed by atoms with van der Waals surface area (Å²) in [6.07, 6.45) is 1.54. The van der Waals surface area contributed by atoms with Gasteiger partial charge in [0.15, 0.2) is 5.69 Å². The highest BCUT2D eigenvalue weighted by molar-refractivity contribution is 5.94. The monoisotopic (exact) mass is 553 g/mol. The number of nitrogens with one attached hydrogen (secondary N) is 1. The number of hydrazone groups is 1. The first-order valence-electron chi connectivity index (χ1n) is 13.0. The Labute approximate surface area is 234 Å². The fourth-order valence-electron chi connectivity index (χ4n) is 4.58. The van der Waals surface area contributed by atoms with Crippen molar-refractivity contribution in [3.8, 4) is 11.6 Å². The van der Waals surface area contributed by atoms with Crippen molar-refractivity contribution in [3.63, 3.8) is 0 Å². The quantitative estimate of drug-likeness (QED) is 0.205. The van der Waals surface area contributed by atoms with E-state index in [0.717, 1.165) is 16.5 Å². The molecule has 0 aliphatic carbocycles. The van der Waals surface area contributed by atoms with E-state index in [2.05, 4.69) is 60.3 Å². The Bertz CT molecular complexity index is 1690. The average Bonchev–Trinajstić information content (AvgIpc) is 3.62. The second-order valence-electron chi connectivity index (χ2n) is 9.36. The zero-order chi connectivity index (χ0) is 28.0. The zero-order valence-corrected chi connectivity index (χ0v) is 22.0. The number of fused-ring (bicyclic) bond motifs is 1. The molecule has 1 amide bonds. The number of nitrogens with zero attached hydrogens (tertiary/aromatic N) is 7. The summed E-state index contributed by atoms with van der Waals surface area (Å²) in [5.41, 5.74) is 10.8. The van der Waals surface area contributed by atoms with Gasteiger partial charge in [-0.1, -0.05) is 59.8 Å². The number of amides is 1. The number of benzene rings is 3. The molecule has 13 nitrogen and oxygen atoms in total. The number of nitrogens with two attached hydrogens (primary N) is 1. The van der Waals surface area contributed by atoms with Gasteiger partial charge in [0, 0.05) is 19.6 Å². The number of aromatic nitrogens is 5. The van der Waals surface area contributed by atoms with Crippen LogP contribution in [0.5, 0.6) is 5.75 Å². The van der Waals surface area contributed by atoms with E-state index in [1.54, 1.807) is 0 Å². The smallest absolute Gasteiger partial charge is 0.293 e. The van der Waals surface area contributed by atoms with Crippen LogP contribution in [0.3, 0.4) is 0 Å². The predicted molar refractivity (Wildman–Crippen MR) is 150 cm³/mol. The third kappa shape index (κ3) is 5.90. The van der Waals surface area contributed by atoms with Gasteiger partial charge in [0.2, 0.25) is 11.6 Å². The number of hydrogen-bond donors (Lipinski definition) is 2. The van der Waals surface area contributed by atoms with Gasteiger partial charge in [-0.3, -0.25) is 9.69 Å². The molecule has 6 rings (SSSR count). The van der Waals surface area contributed by atoms with Gasteiger partial charge in [0.1, 0.15) is 12.4 Å². The minimum atomic E-state index is -0.533. The maximum atomic E-state index is 13.1. The van der Waals surface area contributed by atoms with Gasteiger partial charge in [0.25, 0.3) is 5.91 Å². The normalized spacial score (nSPS) is 14.0. The molecule has 2 aromatic heterocycles. The van der Waals surface area contributed by atoms with Crippen molar-refractivity contribution in [2.24, 2.45) is 5.10 Å². The lowest BCUT2D eigenvalue weighted by Gasteiger charge is -2.26. The van der Waals surface area contributed by atoms with Gasteiger partial charge in [-0.15, -0.1) is 5.10 Å². The molecule has 1 aliphatic heterocycles. The Kier molecular flexibility index (Phi) is 7.60. The minimum Gasteiger partial charge on any atom is -0.489 e. The number of hydrogen-bond acceptors (Lipinski definition) is 11. The van der Waals surface area contributed by atoms with Crippen molar-refractivity contribution in [3.05, 3.63) is 89.2 Å². The molecule has 3 aromatic carbocycles. The summed E-state index contributed by atoms with van der Waals surface area (Å²) in [5.74, 6) is 0.339. The van der Waals surface area contributed by atoms with E-state index >= 15 is 0 Å². The van der Waals surface area contributed by atoms with Crippen LogP contribution < -0.4 is 15.9 Å². The van der Waals surface area contributed by atoms with Crippen molar-refractivity contribution < 1.29 is 18.9 Å². The van der Waals surface area contributed by atoms with Crippen LogP contribution in [-0.4, -0.2) is 68.6 Å². The van der Waals surface area contributed by atoms with E-state index in [1.165, 1.54) is 16.3 Å². The first-order valence-corrected chi connectivity index (χ1v) is 13.0. The number of carbonyl (C=O) groups excluding carboxylic acids is 1. The molecule has 0 radical (unpaired) electrons. The second-order valence-corrected chi connectivity index (χ2v) is 9.36. The first-order chi connectivity index (χ1) is 20.2. The predicted octanol–water partition coefficient (Wildman–Crippen LogP) is 2.56. The summed E-state index contributed by atoms with van der Waals surface area (Å²) in [6, 6.07) is 21.8. The Morgan fingerprint density at radius 1 is 1.07 bits per heavy atom. The van der Waals surface area contributed by atoms with E-state index in [9.17, 15) is 4.79 Å². The molecule has 3 N–H and O–H groups in total. The fourth-order valence-corrected chi connectivity index (χ4v) is 4.58. The Hall–Kier alpha value is -5.14. The van der Waals surface area contributed by atoms with Crippen LogP contribution in [-0.2, 0) is 17.9 Å². The molecule has 1 aliphatic rings. The maximum Gasteiger partial charge on any atom is 0.293 e. The molecule has 0 spiro atoms. The highest BCUT2D eigenvalue weighted by Gasteiger charge is 2.26. The molecule has 0 saturated carbocycles. The number of ether oxygens (including phenoxy) is 2. The van der Waals surface area contributed by atoms with Gasteiger partial charge in [-0.2, -0.15) is 9.78 Å². The van der Waals surface area contributed by atoms with Gasteiger partial charge < -0.3 is 15.2 Å². The molecule has 41 heavy (non-hydrogen) atoms. The van der Waals surface area contributed by atoms with Crippen molar-refractivity contribution in [2.45, 2.75) is 13.2 Å². The van der Waals surface area contributed by atoms with Gasteiger partial charge in [0.05, 0.1) is 25.1 Å². The van der Waals surface area contributed by atoms with E-state index < -0.39 is 5.91 Å².